The third kappa shape index (κ3) is 5.65. The molecule has 41 heavy (non-hydrogen) atoms. The highest BCUT2D eigenvalue weighted by molar-refractivity contribution is 8.26. The van der Waals surface area contributed by atoms with Gasteiger partial charge >= 0.3 is 0 Å². The molecule has 0 spiro atoms. The standard InChI is InChI=1S/C28H28N4O5S4/c33-27-25(39-28(38)32(27)23-12-15-40(34,35)19-23)17-21-18-31(22-9-3-1-4-10-22)29-26(21)20-8-7-11-24(16-20)41(36,37)30-13-5-2-6-14-30/h1,3-4,7-11,16-18,23H,2,5-6,12-15,19H2. The van der Waals surface area contributed by atoms with Crippen molar-refractivity contribution in [1.29, 1.82) is 0 Å². The number of thiocarbonyl (C=S) groups is 1. The van der Waals surface area contributed by atoms with Gasteiger partial charge in [-0.2, -0.15) is 9.40 Å². The van der Waals surface area contributed by atoms with E-state index in [1.54, 1.807) is 41.2 Å². The zero-order valence-electron chi connectivity index (χ0n) is 22.0. The first-order chi connectivity index (χ1) is 19.6. The number of amides is 1. The van der Waals surface area contributed by atoms with Gasteiger partial charge in [0.2, 0.25) is 10.0 Å². The van der Waals surface area contributed by atoms with E-state index in [1.807, 2.05) is 30.3 Å². The molecule has 3 fully saturated rings. The van der Waals surface area contributed by atoms with Crippen molar-refractivity contribution < 1.29 is 21.6 Å². The number of para-hydroxylation sites is 1. The quantitative estimate of drug-likeness (QED) is 0.297. The van der Waals surface area contributed by atoms with Crippen molar-refractivity contribution in [3.05, 3.63) is 71.3 Å². The first kappa shape index (κ1) is 28.3. The van der Waals surface area contributed by atoms with Gasteiger partial charge < -0.3 is 0 Å². The molecule has 0 bridgehead atoms. The lowest BCUT2D eigenvalue weighted by atomic mass is 10.1. The van der Waals surface area contributed by atoms with E-state index >= 15 is 0 Å². The Hall–Kier alpha value is -2.84. The fourth-order valence-electron chi connectivity index (χ4n) is 5.40. The monoisotopic (exact) mass is 628 g/mol. The number of piperidine rings is 1. The lowest BCUT2D eigenvalue weighted by Crippen LogP contribution is -2.39. The number of rotatable bonds is 6. The number of nitrogens with zero attached hydrogens (tertiary/aromatic N) is 4. The normalized spacial score (nSPS) is 22.6. The van der Waals surface area contributed by atoms with Crippen molar-refractivity contribution in [2.45, 2.75) is 36.6 Å². The van der Waals surface area contributed by atoms with Crippen LogP contribution in [0.25, 0.3) is 23.0 Å². The fraction of sp³-hybridized carbons (Fsp3) is 0.321. The van der Waals surface area contributed by atoms with E-state index in [4.69, 9.17) is 17.3 Å². The molecule has 1 amide bonds. The summed E-state index contributed by atoms with van der Waals surface area (Å²) in [4.78, 5) is 15.4. The predicted octanol–water partition coefficient (Wildman–Crippen LogP) is 4.10. The highest BCUT2D eigenvalue weighted by Gasteiger charge is 2.42. The number of sulfonamides is 1. The van der Waals surface area contributed by atoms with Crippen LogP contribution in [0.15, 0.2) is 70.6 Å². The Balaban J connectivity index is 1.40. The van der Waals surface area contributed by atoms with Crippen LogP contribution in [0.4, 0.5) is 0 Å². The molecule has 3 aliphatic rings. The van der Waals surface area contributed by atoms with Gasteiger partial charge in [-0.25, -0.2) is 21.5 Å². The fourth-order valence-corrected chi connectivity index (χ4v) is 10.1. The number of carbonyl (C=O) groups excluding carboxylic acids is 1. The molecule has 214 valence electrons. The van der Waals surface area contributed by atoms with E-state index in [1.165, 1.54) is 9.21 Å². The van der Waals surface area contributed by atoms with E-state index in [-0.39, 0.29) is 22.3 Å². The van der Waals surface area contributed by atoms with Gasteiger partial charge in [-0.15, -0.1) is 0 Å². The van der Waals surface area contributed by atoms with E-state index in [9.17, 15) is 21.6 Å². The molecule has 0 aliphatic carbocycles. The SMILES string of the molecule is O=C1C(=Cc2cn(-c3ccccc3)nc2-c2cccc(S(=O)(=O)N3CCCCC3)c2)SC(=S)N1C1CCS(=O)(=O)C1. The van der Waals surface area contributed by atoms with Crippen LogP contribution in [0.1, 0.15) is 31.2 Å². The molecule has 0 radical (unpaired) electrons. The Kier molecular flexibility index (Phi) is 7.66. The molecule has 0 saturated carbocycles. The summed E-state index contributed by atoms with van der Waals surface area (Å²) in [6.45, 7) is 1.01. The molecule has 3 saturated heterocycles. The number of hydrogen-bond acceptors (Lipinski definition) is 8. The molecule has 1 atom stereocenters. The van der Waals surface area contributed by atoms with Crippen LogP contribution in [0.2, 0.25) is 0 Å². The molecule has 13 heteroatoms. The van der Waals surface area contributed by atoms with Gasteiger partial charge in [0.05, 0.1) is 33.0 Å². The molecule has 1 aromatic heterocycles. The molecular formula is C28H28N4O5S4. The van der Waals surface area contributed by atoms with E-state index < -0.39 is 25.9 Å². The maximum Gasteiger partial charge on any atom is 0.266 e. The van der Waals surface area contributed by atoms with Crippen molar-refractivity contribution in [1.82, 2.24) is 19.0 Å². The smallest absolute Gasteiger partial charge is 0.266 e. The number of aromatic nitrogens is 2. The summed E-state index contributed by atoms with van der Waals surface area (Å²) in [7, 11) is -6.86. The summed E-state index contributed by atoms with van der Waals surface area (Å²) < 4.78 is 54.5. The predicted molar refractivity (Wildman–Crippen MR) is 164 cm³/mol. The molecule has 6 rings (SSSR count). The van der Waals surface area contributed by atoms with Crippen molar-refractivity contribution in [2.24, 2.45) is 0 Å². The van der Waals surface area contributed by atoms with Crippen molar-refractivity contribution >= 4 is 60.1 Å². The second kappa shape index (κ2) is 11.1. The molecule has 4 heterocycles. The highest BCUT2D eigenvalue weighted by atomic mass is 32.2. The van der Waals surface area contributed by atoms with E-state index in [0.29, 0.717) is 45.6 Å². The summed E-state index contributed by atoms with van der Waals surface area (Å²) in [6, 6.07) is 15.8. The number of benzene rings is 2. The minimum Gasteiger partial charge on any atom is -0.289 e. The number of carbonyl (C=O) groups is 1. The first-order valence-corrected chi connectivity index (χ1v) is 17.8. The summed E-state index contributed by atoms with van der Waals surface area (Å²) in [5.74, 6) is -0.386. The average Bonchev–Trinajstić information content (AvgIpc) is 3.64. The van der Waals surface area contributed by atoms with Crippen LogP contribution in [-0.2, 0) is 24.7 Å². The Morgan fingerprint density at radius 3 is 2.49 bits per heavy atom. The van der Waals surface area contributed by atoms with Gasteiger partial charge in [0.15, 0.2) is 9.84 Å². The molecule has 3 aliphatic heterocycles. The van der Waals surface area contributed by atoms with Gasteiger partial charge in [-0.05, 0) is 49.6 Å². The van der Waals surface area contributed by atoms with Gasteiger partial charge in [0.25, 0.3) is 5.91 Å². The third-order valence-corrected chi connectivity index (χ3v) is 12.5. The average molecular weight is 629 g/mol. The van der Waals surface area contributed by atoms with Gasteiger partial charge in [-0.1, -0.05) is 60.7 Å². The first-order valence-electron chi connectivity index (χ1n) is 13.4. The van der Waals surface area contributed by atoms with Gasteiger partial charge in [0, 0.05) is 30.4 Å². The second-order valence-corrected chi connectivity index (χ2v) is 16.2. The highest BCUT2D eigenvalue weighted by Crippen LogP contribution is 2.38. The summed E-state index contributed by atoms with van der Waals surface area (Å²) >= 11 is 6.62. The molecule has 3 aromatic rings. The van der Waals surface area contributed by atoms with Gasteiger partial charge in [0.1, 0.15) is 10.0 Å². The van der Waals surface area contributed by atoms with Crippen LogP contribution in [-0.4, -0.2) is 76.7 Å². The number of thioether (sulfide) groups is 1. The minimum atomic E-state index is -3.66. The maximum atomic E-state index is 13.4. The van der Waals surface area contributed by atoms with Crippen LogP contribution in [0.3, 0.4) is 0 Å². The minimum absolute atomic E-state index is 0.0401. The molecular weight excluding hydrogens is 601 g/mol. The Bertz CT molecular complexity index is 1760. The second-order valence-electron chi connectivity index (χ2n) is 10.3. The van der Waals surface area contributed by atoms with E-state index in [0.717, 1.165) is 36.7 Å². The van der Waals surface area contributed by atoms with Crippen molar-refractivity contribution in [3.8, 4) is 16.9 Å². The lowest BCUT2D eigenvalue weighted by molar-refractivity contribution is -0.123. The molecule has 2 aromatic carbocycles. The third-order valence-electron chi connectivity index (χ3n) is 7.51. The summed E-state index contributed by atoms with van der Waals surface area (Å²) in [6.07, 6.45) is 6.57. The Labute approximate surface area is 249 Å². The topological polar surface area (TPSA) is 110 Å². The number of sulfone groups is 1. The van der Waals surface area contributed by atoms with Crippen LogP contribution >= 0.6 is 24.0 Å². The maximum absolute atomic E-state index is 13.4. The zero-order valence-corrected chi connectivity index (χ0v) is 25.3. The zero-order chi connectivity index (χ0) is 28.8. The van der Waals surface area contributed by atoms with Gasteiger partial charge in [-0.3, -0.25) is 9.69 Å². The largest absolute Gasteiger partial charge is 0.289 e. The Morgan fingerprint density at radius 1 is 1.02 bits per heavy atom. The van der Waals surface area contributed by atoms with Crippen molar-refractivity contribution in [2.75, 3.05) is 24.6 Å². The van der Waals surface area contributed by atoms with Crippen molar-refractivity contribution in [3.63, 3.8) is 0 Å². The molecule has 9 nitrogen and oxygen atoms in total. The summed E-state index contributed by atoms with van der Waals surface area (Å²) in [5, 5.41) is 4.81. The lowest BCUT2D eigenvalue weighted by Gasteiger charge is -2.26. The molecule has 1 unspecified atom stereocenters. The van der Waals surface area contributed by atoms with Crippen LogP contribution in [0.5, 0.6) is 0 Å². The Morgan fingerprint density at radius 2 is 1.78 bits per heavy atom. The van der Waals surface area contributed by atoms with E-state index in [2.05, 4.69) is 0 Å². The van der Waals surface area contributed by atoms with Crippen LogP contribution in [0, 0.1) is 0 Å². The molecule has 0 N–H and O–H groups in total. The number of hydrogen-bond donors (Lipinski definition) is 0. The van der Waals surface area contributed by atoms with Crippen LogP contribution < -0.4 is 0 Å². The summed E-state index contributed by atoms with van der Waals surface area (Å²) in [5.41, 5.74) is 2.52.